The predicted octanol–water partition coefficient (Wildman–Crippen LogP) is 4.39. The Morgan fingerprint density at radius 3 is 2.33 bits per heavy atom. The van der Waals surface area contributed by atoms with Gasteiger partial charge in [0, 0.05) is 29.6 Å². The predicted molar refractivity (Wildman–Crippen MR) is 127 cm³/mol. The third kappa shape index (κ3) is 7.44. The Bertz CT molecular complexity index is 1100. The maximum atomic E-state index is 12.7. The van der Waals surface area contributed by atoms with E-state index in [-0.39, 0.29) is 34.5 Å². The number of unbranched alkanes of at least 4 members (excludes halogenated alkanes) is 3. The number of hydrogen-bond donors (Lipinski definition) is 1. The SMILES string of the molecule is CCCCCCOc1ccc(N=NC2C(=O)N(c3ccc(S(=O)(=O)O)cc3)N=C2C)cc1.[Na]. The second kappa shape index (κ2) is 12.4. The van der Waals surface area contributed by atoms with Crippen LogP contribution in [0.25, 0.3) is 0 Å². The molecule has 1 aliphatic rings. The van der Waals surface area contributed by atoms with Gasteiger partial charge in [0.15, 0.2) is 6.04 Å². The van der Waals surface area contributed by atoms with Crippen LogP contribution in [0.5, 0.6) is 5.75 Å². The summed E-state index contributed by atoms with van der Waals surface area (Å²) in [5.74, 6) is 0.354. The van der Waals surface area contributed by atoms with Crippen LogP contribution in [0.1, 0.15) is 39.5 Å². The molecule has 0 saturated heterocycles. The van der Waals surface area contributed by atoms with Gasteiger partial charge >= 0.3 is 0 Å². The molecule has 0 aliphatic carbocycles. The molecule has 1 heterocycles. The van der Waals surface area contributed by atoms with Gasteiger partial charge in [-0.15, -0.1) is 0 Å². The number of amides is 1. The first-order chi connectivity index (χ1) is 15.3. The van der Waals surface area contributed by atoms with Crippen molar-refractivity contribution in [3.63, 3.8) is 0 Å². The van der Waals surface area contributed by atoms with Crippen LogP contribution in [0, 0.1) is 0 Å². The summed E-state index contributed by atoms with van der Waals surface area (Å²) < 4.78 is 37.1. The summed E-state index contributed by atoms with van der Waals surface area (Å²) >= 11 is 0. The van der Waals surface area contributed by atoms with Crippen molar-refractivity contribution in [1.82, 2.24) is 0 Å². The Kier molecular flexibility index (Phi) is 10.2. The molecule has 1 aliphatic heterocycles. The van der Waals surface area contributed by atoms with Crippen molar-refractivity contribution in [2.75, 3.05) is 11.6 Å². The maximum Gasteiger partial charge on any atom is 0.294 e. The maximum absolute atomic E-state index is 12.7. The molecule has 0 spiro atoms. The van der Waals surface area contributed by atoms with Crippen molar-refractivity contribution < 1.29 is 22.5 Å². The Hall–Kier alpha value is -2.11. The summed E-state index contributed by atoms with van der Waals surface area (Å²) in [7, 11) is -4.31. The number of rotatable bonds is 10. The monoisotopic (exact) mass is 481 g/mol. The number of hydrazone groups is 1. The fourth-order valence-corrected chi connectivity index (χ4v) is 3.57. The molecule has 1 atom stereocenters. The first-order valence-corrected chi connectivity index (χ1v) is 11.8. The van der Waals surface area contributed by atoms with E-state index in [1.807, 2.05) is 12.1 Å². The van der Waals surface area contributed by atoms with Gasteiger partial charge in [-0.2, -0.15) is 28.8 Å². The molecule has 1 N–H and O–H groups in total. The van der Waals surface area contributed by atoms with E-state index in [1.54, 1.807) is 19.1 Å². The second-order valence-electron chi connectivity index (χ2n) is 7.38. The number of nitrogens with zero attached hydrogens (tertiary/aromatic N) is 4. The zero-order valence-electron chi connectivity index (χ0n) is 19.0. The van der Waals surface area contributed by atoms with Gasteiger partial charge in [-0.1, -0.05) is 26.2 Å². The fourth-order valence-electron chi connectivity index (χ4n) is 3.09. The smallest absolute Gasteiger partial charge is 0.294 e. The van der Waals surface area contributed by atoms with Crippen molar-refractivity contribution in [1.29, 1.82) is 0 Å². The van der Waals surface area contributed by atoms with E-state index < -0.39 is 22.1 Å². The van der Waals surface area contributed by atoms with Crippen molar-refractivity contribution in [3.05, 3.63) is 48.5 Å². The zero-order valence-corrected chi connectivity index (χ0v) is 21.8. The zero-order chi connectivity index (χ0) is 23.1. The summed E-state index contributed by atoms with van der Waals surface area (Å²) in [6.45, 7) is 4.51. The van der Waals surface area contributed by atoms with Gasteiger partial charge in [-0.25, -0.2) is 0 Å². The van der Waals surface area contributed by atoms with E-state index in [0.29, 0.717) is 23.7 Å². The molecule has 171 valence electrons. The van der Waals surface area contributed by atoms with Crippen LogP contribution in [-0.4, -0.2) is 66.8 Å². The summed E-state index contributed by atoms with van der Waals surface area (Å²) in [6, 6.07) is 11.5. The Morgan fingerprint density at radius 2 is 1.73 bits per heavy atom. The first-order valence-electron chi connectivity index (χ1n) is 10.4. The van der Waals surface area contributed by atoms with Gasteiger partial charge < -0.3 is 4.74 Å². The largest absolute Gasteiger partial charge is 0.494 e. The number of hydrogen-bond acceptors (Lipinski definition) is 7. The van der Waals surface area contributed by atoms with Gasteiger partial charge in [0.05, 0.1) is 28.6 Å². The minimum atomic E-state index is -4.31. The Morgan fingerprint density at radius 1 is 1.06 bits per heavy atom. The fraction of sp³-hybridized carbons (Fsp3) is 0.364. The number of anilines is 1. The molecular weight excluding hydrogens is 455 g/mol. The quantitative estimate of drug-likeness (QED) is 0.234. The van der Waals surface area contributed by atoms with Crippen molar-refractivity contribution in [2.24, 2.45) is 15.3 Å². The van der Waals surface area contributed by atoms with Crippen molar-refractivity contribution in [2.45, 2.75) is 50.5 Å². The normalized spacial score (nSPS) is 16.1. The molecule has 0 fully saturated rings. The Labute approximate surface area is 216 Å². The first kappa shape index (κ1) is 27.1. The molecule has 1 amide bonds. The molecule has 3 rings (SSSR count). The van der Waals surface area contributed by atoms with E-state index in [4.69, 9.17) is 9.29 Å². The van der Waals surface area contributed by atoms with E-state index in [1.165, 1.54) is 37.1 Å². The van der Waals surface area contributed by atoms with E-state index in [2.05, 4.69) is 22.3 Å². The molecule has 2 aromatic carbocycles. The Balaban J connectivity index is 0.00000385. The summed E-state index contributed by atoms with van der Waals surface area (Å²) in [4.78, 5) is 12.5. The summed E-state index contributed by atoms with van der Waals surface area (Å²) in [6.07, 6.45) is 4.57. The van der Waals surface area contributed by atoms with Gasteiger partial charge in [-0.05, 0) is 61.9 Å². The van der Waals surface area contributed by atoms with Crippen molar-refractivity contribution >= 4 is 62.7 Å². The number of ether oxygens (including phenoxy) is 1. The summed E-state index contributed by atoms with van der Waals surface area (Å²) in [5.41, 5.74) is 1.41. The third-order valence-corrected chi connectivity index (χ3v) is 5.74. The van der Waals surface area contributed by atoms with Crippen LogP contribution < -0.4 is 9.75 Å². The van der Waals surface area contributed by atoms with Crippen LogP contribution in [0.3, 0.4) is 0 Å². The minimum Gasteiger partial charge on any atom is -0.494 e. The van der Waals surface area contributed by atoms with Gasteiger partial charge in [0.2, 0.25) is 0 Å². The summed E-state index contributed by atoms with van der Waals surface area (Å²) in [5, 5.41) is 13.6. The third-order valence-electron chi connectivity index (χ3n) is 4.87. The molecule has 0 bridgehead atoms. The van der Waals surface area contributed by atoms with Gasteiger partial charge in [0.1, 0.15) is 5.75 Å². The number of benzene rings is 2. The molecule has 1 radical (unpaired) electrons. The van der Waals surface area contributed by atoms with Gasteiger partial charge in [-0.3, -0.25) is 9.35 Å². The number of carbonyl (C=O) groups is 1. The van der Waals surface area contributed by atoms with Crippen LogP contribution in [-0.2, 0) is 14.9 Å². The standard InChI is InChI=1S/C22H26N4O5S.Na/c1-3-4-5-6-15-31-19-11-7-17(8-12-19)23-24-21-16(2)25-26(22(21)27)18-9-13-20(14-10-18)32(28,29)30;/h7-14,21H,3-6,15H2,1-2H3,(H,28,29,30);. The minimum absolute atomic E-state index is 0. The molecule has 1 unspecified atom stereocenters. The molecule has 11 heteroatoms. The molecule has 0 saturated carbocycles. The molecule has 33 heavy (non-hydrogen) atoms. The van der Waals surface area contributed by atoms with Crippen molar-refractivity contribution in [3.8, 4) is 5.75 Å². The van der Waals surface area contributed by atoms with Crippen LogP contribution in [0.4, 0.5) is 11.4 Å². The topological polar surface area (TPSA) is 121 Å². The second-order valence-corrected chi connectivity index (χ2v) is 8.80. The van der Waals surface area contributed by atoms with E-state index in [9.17, 15) is 13.2 Å². The van der Waals surface area contributed by atoms with Crippen LogP contribution in [0.15, 0.2) is 68.8 Å². The van der Waals surface area contributed by atoms with Crippen LogP contribution in [0.2, 0.25) is 0 Å². The number of carbonyl (C=O) groups excluding carboxylic acids is 1. The van der Waals surface area contributed by atoms with E-state index in [0.717, 1.165) is 23.6 Å². The van der Waals surface area contributed by atoms with E-state index >= 15 is 0 Å². The molecule has 2 aromatic rings. The average molecular weight is 482 g/mol. The molecule has 0 aromatic heterocycles. The average Bonchev–Trinajstić information content (AvgIpc) is 3.06. The van der Waals surface area contributed by atoms with Crippen LogP contribution >= 0.6 is 0 Å². The molecular formula is C22H26N4NaO5S. The van der Waals surface area contributed by atoms with Gasteiger partial charge in [0.25, 0.3) is 16.0 Å². The number of azo groups is 1. The molecule has 9 nitrogen and oxygen atoms in total.